The highest BCUT2D eigenvalue weighted by Crippen LogP contribution is 2.03. The maximum atomic E-state index is 11.9. The van der Waals surface area contributed by atoms with Gasteiger partial charge in [0.2, 0.25) is 5.91 Å². The van der Waals surface area contributed by atoms with Crippen molar-refractivity contribution in [3.63, 3.8) is 0 Å². The van der Waals surface area contributed by atoms with E-state index < -0.39 is 0 Å². The first kappa shape index (κ1) is 16.1. The zero-order chi connectivity index (χ0) is 15.8. The Kier molecular flexibility index (Phi) is 6.03. The summed E-state index contributed by atoms with van der Waals surface area (Å²) in [5, 5.41) is 2.94. The van der Waals surface area contributed by atoms with E-state index in [1.165, 1.54) is 5.56 Å². The summed E-state index contributed by atoms with van der Waals surface area (Å²) in [6.07, 6.45) is 5.55. The molecule has 2 rings (SSSR count). The summed E-state index contributed by atoms with van der Waals surface area (Å²) < 4.78 is 0. The highest BCUT2D eigenvalue weighted by atomic mass is 16.1. The van der Waals surface area contributed by atoms with Crippen LogP contribution in [0.3, 0.4) is 0 Å². The molecule has 0 radical (unpaired) electrons. The van der Waals surface area contributed by atoms with Gasteiger partial charge < -0.3 is 5.32 Å². The van der Waals surface area contributed by atoms with Crippen LogP contribution in [0.5, 0.6) is 0 Å². The molecule has 0 spiro atoms. The molecular weight excluding hydrogens is 276 g/mol. The number of aromatic nitrogens is 2. The molecule has 1 aromatic heterocycles. The number of carbonyl (C=O) groups is 1. The number of rotatable bonds is 7. The molecule has 0 unspecified atom stereocenters. The minimum Gasteiger partial charge on any atom is -0.352 e. The van der Waals surface area contributed by atoms with Crippen LogP contribution in [0.1, 0.15) is 23.2 Å². The maximum absolute atomic E-state index is 11.9. The summed E-state index contributed by atoms with van der Waals surface area (Å²) >= 11 is 0. The molecule has 116 valence electrons. The smallest absolute Gasteiger partial charge is 0.221 e. The highest BCUT2D eigenvalue weighted by molar-refractivity contribution is 5.76. The Balaban J connectivity index is 1.67. The van der Waals surface area contributed by atoms with Crippen LogP contribution in [-0.2, 0) is 17.9 Å². The number of benzene rings is 1. The van der Waals surface area contributed by atoms with Crippen LogP contribution in [0, 0.1) is 6.92 Å². The summed E-state index contributed by atoms with van der Waals surface area (Å²) in [6.45, 7) is 4.01. The zero-order valence-electron chi connectivity index (χ0n) is 13.1. The van der Waals surface area contributed by atoms with Crippen LogP contribution >= 0.6 is 0 Å². The Hall–Kier alpha value is -2.27. The molecule has 2 aromatic rings. The molecule has 1 N–H and O–H groups in total. The van der Waals surface area contributed by atoms with Crippen molar-refractivity contribution in [2.75, 3.05) is 13.6 Å². The molecule has 22 heavy (non-hydrogen) atoms. The van der Waals surface area contributed by atoms with E-state index in [4.69, 9.17) is 0 Å². The second-order valence-electron chi connectivity index (χ2n) is 5.45. The summed E-state index contributed by atoms with van der Waals surface area (Å²) in [6, 6.07) is 8.18. The van der Waals surface area contributed by atoms with Gasteiger partial charge in [0.15, 0.2) is 0 Å². The van der Waals surface area contributed by atoms with Crippen molar-refractivity contribution < 1.29 is 4.79 Å². The quantitative estimate of drug-likeness (QED) is 0.848. The van der Waals surface area contributed by atoms with Crippen molar-refractivity contribution in [3.05, 3.63) is 59.7 Å². The topological polar surface area (TPSA) is 58.1 Å². The molecule has 5 nitrogen and oxygen atoms in total. The molecule has 0 aliphatic carbocycles. The lowest BCUT2D eigenvalue weighted by atomic mass is 10.1. The predicted molar refractivity (Wildman–Crippen MR) is 86.0 cm³/mol. The van der Waals surface area contributed by atoms with Crippen molar-refractivity contribution >= 4 is 5.91 Å². The molecule has 0 saturated heterocycles. The van der Waals surface area contributed by atoms with Gasteiger partial charge >= 0.3 is 0 Å². The molecular formula is C17H22N4O. The van der Waals surface area contributed by atoms with E-state index in [0.717, 1.165) is 11.3 Å². The van der Waals surface area contributed by atoms with E-state index in [2.05, 4.69) is 39.2 Å². The second-order valence-corrected chi connectivity index (χ2v) is 5.45. The molecule has 0 saturated carbocycles. The van der Waals surface area contributed by atoms with E-state index >= 15 is 0 Å². The van der Waals surface area contributed by atoms with Crippen LogP contribution in [-0.4, -0.2) is 34.4 Å². The molecule has 0 atom stereocenters. The van der Waals surface area contributed by atoms with E-state index in [0.29, 0.717) is 26.1 Å². The van der Waals surface area contributed by atoms with Crippen molar-refractivity contribution in [1.82, 2.24) is 20.2 Å². The van der Waals surface area contributed by atoms with Crippen LogP contribution < -0.4 is 5.32 Å². The van der Waals surface area contributed by atoms with E-state index in [-0.39, 0.29) is 5.91 Å². The zero-order valence-corrected chi connectivity index (χ0v) is 13.1. The lowest BCUT2D eigenvalue weighted by molar-refractivity contribution is -0.121. The van der Waals surface area contributed by atoms with Crippen molar-refractivity contribution in [2.24, 2.45) is 0 Å². The molecule has 1 aromatic carbocycles. The Labute approximate surface area is 131 Å². The van der Waals surface area contributed by atoms with Gasteiger partial charge in [-0.15, -0.1) is 0 Å². The fourth-order valence-corrected chi connectivity index (χ4v) is 2.05. The van der Waals surface area contributed by atoms with Gasteiger partial charge in [-0.25, -0.2) is 0 Å². The third-order valence-corrected chi connectivity index (χ3v) is 3.38. The minimum absolute atomic E-state index is 0.0616. The summed E-state index contributed by atoms with van der Waals surface area (Å²) in [5.74, 6) is 0.0616. The van der Waals surface area contributed by atoms with Crippen molar-refractivity contribution in [1.29, 1.82) is 0 Å². The van der Waals surface area contributed by atoms with Crippen molar-refractivity contribution in [3.8, 4) is 0 Å². The summed E-state index contributed by atoms with van der Waals surface area (Å²) in [5.41, 5.74) is 3.25. The molecule has 0 fully saturated rings. The number of aryl methyl sites for hydroxylation is 1. The van der Waals surface area contributed by atoms with Crippen LogP contribution in [0.2, 0.25) is 0 Å². The van der Waals surface area contributed by atoms with Gasteiger partial charge in [-0.1, -0.05) is 29.8 Å². The van der Waals surface area contributed by atoms with Crippen LogP contribution in [0.25, 0.3) is 0 Å². The first-order valence-electron chi connectivity index (χ1n) is 7.39. The molecule has 0 bridgehead atoms. The van der Waals surface area contributed by atoms with Crippen LogP contribution in [0.4, 0.5) is 0 Å². The van der Waals surface area contributed by atoms with Gasteiger partial charge in [0.25, 0.3) is 0 Å². The van der Waals surface area contributed by atoms with Gasteiger partial charge in [-0.05, 0) is 19.5 Å². The third-order valence-electron chi connectivity index (χ3n) is 3.38. The lowest BCUT2D eigenvalue weighted by Gasteiger charge is -2.15. The Bertz CT molecular complexity index is 583. The number of amides is 1. The first-order chi connectivity index (χ1) is 10.6. The average Bonchev–Trinajstić information content (AvgIpc) is 2.53. The largest absolute Gasteiger partial charge is 0.352 e. The first-order valence-corrected chi connectivity index (χ1v) is 7.39. The van der Waals surface area contributed by atoms with Gasteiger partial charge in [0, 0.05) is 44.6 Å². The summed E-state index contributed by atoms with van der Waals surface area (Å²) in [4.78, 5) is 22.2. The number of carbonyl (C=O) groups excluding carboxylic acids is 1. The molecule has 0 aliphatic rings. The molecule has 0 aliphatic heterocycles. The number of hydrogen-bond acceptors (Lipinski definition) is 4. The second kappa shape index (κ2) is 8.24. The Morgan fingerprint density at radius 1 is 1.23 bits per heavy atom. The van der Waals surface area contributed by atoms with Crippen molar-refractivity contribution in [2.45, 2.75) is 26.4 Å². The maximum Gasteiger partial charge on any atom is 0.221 e. The Morgan fingerprint density at radius 2 is 2.00 bits per heavy atom. The fraction of sp³-hybridized carbons (Fsp3) is 0.353. The van der Waals surface area contributed by atoms with E-state index in [1.807, 2.05) is 19.2 Å². The van der Waals surface area contributed by atoms with E-state index in [9.17, 15) is 4.79 Å². The number of nitrogens with zero attached hydrogens (tertiary/aromatic N) is 3. The van der Waals surface area contributed by atoms with Gasteiger partial charge in [0.1, 0.15) is 0 Å². The SMILES string of the molecule is Cc1ccc(CNC(=O)CCN(C)Cc2cnccn2)cc1. The number of hydrogen-bond donors (Lipinski definition) is 1. The Morgan fingerprint density at radius 3 is 2.68 bits per heavy atom. The number of nitrogens with one attached hydrogen (secondary N) is 1. The van der Waals surface area contributed by atoms with Gasteiger partial charge in [-0.3, -0.25) is 19.7 Å². The molecule has 1 heterocycles. The monoisotopic (exact) mass is 298 g/mol. The lowest BCUT2D eigenvalue weighted by Crippen LogP contribution is -2.28. The third kappa shape index (κ3) is 5.61. The van der Waals surface area contributed by atoms with Crippen LogP contribution in [0.15, 0.2) is 42.9 Å². The standard InChI is InChI=1S/C17H22N4O/c1-14-3-5-15(6-4-14)11-20-17(22)7-10-21(2)13-16-12-18-8-9-19-16/h3-6,8-9,12H,7,10-11,13H2,1-2H3,(H,20,22). The molecule has 1 amide bonds. The minimum atomic E-state index is 0.0616. The fourth-order valence-electron chi connectivity index (χ4n) is 2.05. The highest BCUT2D eigenvalue weighted by Gasteiger charge is 2.06. The summed E-state index contributed by atoms with van der Waals surface area (Å²) in [7, 11) is 1.97. The van der Waals surface area contributed by atoms with E-state index in [1.54, 1.807) is 18.6 Å². The van der Waals surface area contributed by atoms with Gasteiger partial charge in [-0.2, -0.15) is 0 Å². The van der Waals surface area contributed by atoms with Gasteiger partial charge in [0.05, 0.1) is 5.69 Å². The predicted octanol–water partition coefficient (Wildman–Crippen LogP) is 1.92. The molecule has 5 heteroatoms. The normalized spacial score (nSPS) is 10.7. The average molecular weight is 298 g/mol.